The first-order valence-electron chi connectivity index (χ1n) is 19.9. The zero-order valence-corrected chi connectivity index (χ0v) is 35.7. The molecule has 55 heavy (non-hydrogen) atoms. The fourth-order valence-electron chi connectivity index (χ4n) is 11.4. The lowest BCUT2D eigenvalue weighted by Gasteiger charge is -2.40. The third kappa shape index (κ3) is 6.46. The van der Waals surface area contributed by atoms with E-state index in [0.29, 0.717) is 36.6 Å². The molecule has 0 amide bonds. The summed E-state index contributed by atoms with van der Waals surface area (Å²) in [4.78, 5) is 61.5. The van der Waals surface area contributed by atoms with Crippen LogP contribution in [0.5, 0.6) is 0 Å². The molecule has 3 aromatic carbocycles. The highest BCUT2D eigenvalue weighted by molar-refractivity contribution is 9.11. The minimum absolute atomic E-state index is 0.0766. The summed E-state index contributed by atoms with van der Waals surface area (Å²) in [6.45, 7) is 0. The Labute approximate surface area is 347 Å². The van der Waals surface area contributed by atoms with Gasteiger partial charge in [-0.05, 0) is 148 Å². The summed E-state index contributed by atoms with van der Waals surface area (Å²) in [6, 6.07) is 18.0. The van der Waals surface area contributed by atoms with Gasteiger partial charge in [0.2, 0.25) is 0 Å². The highest BCUT2D eigenvalue weighted by atomic mass is 79.9. The molecule has 0 aromatic heterocycles. The van der Waals surface area contributed by atoms with E-state index in [2.05, 4.69) is 59.9 Å². The van der Waals surface area contributed by atoms with Crippen LogP contribution in [-0.2, 0) is 28.9 Å². The first-order valence-corrected chi connectivity index (χ1v) is 22.3. The van der Waals surface area contributed by atoms with Crippen LogP contribution in [0.2, 0.25) is 0 Å². The minimum atomic E-state index is -0.270. The van der Waals surface area contributed by atoms with Gasteiger partial charge in [-0.25, -0.2) is 0 Å². The number of aliphatic hydroxyl groups is 1. The Morgan fingerprint density at radius 3 is 1.40 bits per heavy atom. The van der Waals surface area contributed by atoms with Crippen LogP contribution in [0.3, 0.4) is 0 Å². The molecule has 1 N–H and O–H groups in total. The third-order valence-corrected chi connectivity index (χ3v) is 16.4. The van der Waals surface area contributed by atoms with Crippen molar-refractivity contribution < 1.29 is 29.1 Å². The zero-order valence-electron chi connectivity index (χ0n) is 30.9. The summed E-state index contributed by atoms with van der Waals surface area (Å²) in [7, 11) is 0. The number of benzene rings is 3. The maximum atomic E-state index is 12.8. The van der Waals surface area contributed by atoms with Gasteiger partial charge in [-0.2, -0.15) is 0 Å². The van der Waals surface area contributed by atoms with E-state index in [9.17, 15) is 29.1 Å². The summed E-state index contributed by atoms with van der Waals surface area (Å²) in [6.07, 6.45) is 13.8. The highest BCUT2D eigenvalue weighted by Crippen LogP contribution is 2.64. The van der Waals surface area contributed by atoms with Crippen LogP contribution in [0.15, 0.2) is 68.0 Å². The van der Waals surface area contributed by atoms with Crippen LogP contribution < -0.4 is 0 Å². The molecule has 0 radical (unpaired) electrons. The van der Waals surface area contributed by atoms with Gasteiger partial charge in [-0.3, -0.25) is 24.0 Å². The Kier molecular flexibility index (Phi) is 9.31. The molecular weight excluding hydrogens is 888 g/mol. The van der Waals surface area contributed by atoms with Gasteiger partial charge < -0.3 is 5.11 Å². The molecule has 3 aromatic rings. The molecule has 0 aliphatic heterocycles. The lowest BCUT2D eigenvalue weighted by atomic mass is 9.64. The van der Waals surface area contributed by atoms with Crippen molar-refractivity contribution in [3.63, 3.8) is 0 Å². The second-order valence-electron chi connectivity index (χ2n) is 18.3. The number of hydrogen-bond donors (Lipinski definition) is 1. The quantitative estimate of drug-likeness (QED) is 0.241. The average Bonchev–Trinajstić information content (AvgIpc) is 4.07. The summed E-state index contributed by atoms with van der Waals surface area (Å²) >= 11 is 10.3. The van der Waals surface area contributed by atoms with Gasteiger partial charge in [0, 0.05) is 71.0 Å². The Morgan fingerprint density at radius 1 is 0.491 bits per heavy atom. The summed E-state index contributed by atoms with van der Waals surface area (Å²) in [5, 5.41) is 10.2. The lowest BCUT2D eigenvalue weighted by Crippen LogP contribution is -2.41. The van der Waals surface area contributed by atoms with E-state index in [1.165, 1.54) is 11.1 Å². The Bertz CT molecular complexity index is 2190. The molecule has 8 aliphatic carbocycles. The summed E-state index contributed by atoms with van der Waals surface area (Å²) in [5.41, 5.74) is 5.35. The van der Waals surface area contributed by atoms with Gasteiger partial charge in [0.25, 0.3) is 0 Å². The first-order chi connectivity index (χ1) is 26.2. The van der Waals surface area contributed by atoms with Gasteiger partial charge in [0.15, 0.2) is 17.3 Å². The molecule has 5 saturated carbocycles. The van der Waals surface area contributed by atoms with Crippen molar-refractivity contribution in [3.8, 4) is 0 Å². The van der Waals surface area contributed by atoms with Crippen molar-refractivity contribution in [2.75, 3.05) is 0 Å². The molecule has 8 aliphatic rings. The molecule has 3 atom stereocenters. The maximum absolute atomic E-state index is 12.8. The van der Waals surface area contributed by atoms with E-state index in [4.69, 9.17) is 0 Å². The van der Waals surface area contributed by atoms with E-state index in [-0.39, 0.29) is 44.7 Å². The van der Waals surface area contributed by atoms with Crippen LogP contribution in [0.4, 0.5) is 0 Å². The molecule has 5 spiro atoms. The predicted octanol–water partition coefficient (Wildman–Crippen LogP) is 10.5. The number of aliphatic hydroxyl groups excluding tert-OH is 1. The smallest absolute Gasteiger partial charge is 0.169 e. The van der Waals surface area contributed by atoms with Gasteiger partial charge >= 0.3 is 0 Å². The van der Waals surface area contributed by atoms with Crippen molar-refractivity contribution in [1.29, 1.82) is 0 Å². The molecule has 0 heterocycles. The van der Waals surface area contributed by atoms with Crippen LogP contribution in [0.25, 0.3) is 0 Å². The second-order valence-corrected chi connectivity index (χ2v) is 21.0. The predicted molar refractivity (Wildman–Crippen MR) is 219 cm³/mol. The third-order valence-electron chi connectivity index (χ3n) is 14.9. The molecule has 9 heteroatoms. The van der Waals surface area contributed by atoms with E-state index < -0.39 is 0 Å². The van der Waals surface area contributed by atoms with Crippen molar-refractivity contribution in [1.82, 2.24) is 0 Å². The van der Waals surface area contributed by atoms with E-state index in [1.807, 2.05) is 42.5 Å². The summed E-state index contributed by atoms with van der Waals surface area (Å²) in [5.74, 6) is 1.56. The minimum Gasteiger partial charge on any atom is -0.393 e. The number of ketones is 5. The lowest BCUT2D eigenvalue weighted by molar-refractivity contribution is -0.128. The molecular formula is C46H45Br3O6. The molecule has 0 saturated heterocycles. The zero-order chi connectivity index (χ0) is 38.5. The Morgan fingerprint density at radius 2 is 0.927 bits per heavy atom. The number of fused-ring (bicyclic) bond motifs is 3. The fourth-order valence-corrected chi connectivity index (χ4v) is 12.4. The molecule has 6 nitrogen and oxygen atoms in total. The molecule has 286 valence electrons. The average molecular weight is 934 g/mol. The number of Topliss-reactive ketones (excluding diaryl/α,β-unsaturated/α-hetero) is 5. The molecule has 11 rings (SSSR count). The van der Waals surface area contributed by atoms with E-state index in [0.717, 1.165) is 126 Å². The number of carbonyl (C=O) groups excluding carboxylic acids is 5. The van der Waals surface area contributed by atoms with Crippen molar-refractivity contribution in [2.24, 2.45) is 27.1 Å². The standard InChI is InChI=1S/C16H17BrO2.C16H15BrO2.C14H13BrO2/c2*17-11-2-1-10-8-16(14(19)12(10)7-11)4-3-13(18)15(9-16)5-6-15;15-10-2-1-9-8-14(13(17)12(9)7-10)5-3-11(16)4-6-14/h1-2,7,13,18H,3-6,8-9H2;1-2,7H,3-6,8-9H2;1-2,7H,3-6,8H2/t13-,16+;16-;/m00./s1. The largest absolute Gasteiger partial charge is 0.393 e. The van der Waals surface area contributed by atoms with E-state index >= 15 is 0 Å². The normalized spacial score (nSPS) is 29.5. The Hall–Kier alpha value is -2.59. The Balaban J connectivity index is 0.000000108. The molecule has 5 fully saturated rings. The van der Waals surface area contributed by atoms with Crippen molar-refractivity contribution in [3.05, 3.63) is 101 Å². The number of rotatable bonds is 0. The van der Waals surface area contributed by atoms with Gasteiger partial charge in [-0.15, -0.1) is 0 Å². The first kappa shape index (κ1) is 38.0. The van der Waals surface area contributed by atoms with Gasteiger partial charge in [0.1, 0.15) is 11.6 Å². The van der Waals surface area contributed by atoms with Gasteiger partial charge in [0.05, 0.1) is 6.10 Å². The molecule has 0 bridgehead atoms. The van der Waals surface area contributed by atoms with Crippen LogP contribution in [0, 0.1) is 27.1 Å². The number of hydrogen-bond acceptors (Lipinski definition) is 6. The van der Waals surface area contributed by atoms with Crippen molar-refractivity contribution >= 4 is 76.7 Å². The van der Waals surface area contributed by atoms with Crippen LogP contribution in [-0.4, -0.2) is 40.1 Å². The number of carbonyl (C=O) groups is 5. The highest BCUT2D eigenvalue weighted by Gasteiger charge is 2.62. The van der Waals surface area contributed by atoms with Crippen LogP contribution >= 0.6 is 47.8 Å². The van der Waals surface area contributed by atoms with E-state index in [1.54, 1.807) is 0 Å². The van der Waals surface area contributed by atoms with Gasteiger partial charge in [-0.1, -0.05) is 66.0 Å². The number of halogens is 3. The van der Waals surface area contributed by atoms with Crippen molar-refractivity contribution in [2.45, 2.75) is 115 Å². The maximum Gasteiger partial charge on any atom is 0.169 e. The van der Waals surface area contributed by atoms with Crippen LogP contribution in [0.1, 0.15) is 138 Å². The monoisotopic (exact) mass is 930 g/mol. The second kappa shape index (κ2) is 13.5. The SMILES string of the molecule is O=C1CCC2(CC1)Cc1ccc(Br)cc1C2=O.O=C1CC[C@]2(Cc3ccc(Br)cc3C2=O)CC12CC2.O=C1c2cc(Br)ccc2C[C@@]12CC[C@H](O)C1(CC1)C2. The molecule has 0 unspecified atom stereocenters. The fraction of sp³-hybridized carbons (Fsp3) is 0.500. The summed E-state index contributed by atoms with van der Waals surface area (Å²) < 4.78 is 2.90. The topological polar surface area (TPSA) is 106 Å².